The maximum atomic E-state index is 15.0. The number of benzene rings is 2. The zero-order valence-corrected chi connectivity index (χ0v) is 20.8. The van der Waals surface area contributed by atoms with E-state index < -0.39 is 23.6 Å². The molecule has 1 aromatic heterocycles. The number of nitrogens with one attached hydrogen (secondary N) is 1. The van der Waals surface area contributed by atoms with E-state index >= 15 is 0 Å². The first-order valence-electron chi connectivity index (χ1n) is 12.3. The number of hydrogen-bond donors (Lipinski definition) is 1. The van der Waals surface area contributed by atoms with Gasteiger partial charge in [-0.1, -0.05) is 26.0 Å². The summed E-state index contributed by atoms with van der Waals surface area (Å²) in [4.78, 5) is 29.2. The highest BCUT2D eigenvalue weighted by atomic mass is 19.1. The van der Waals surface area contributed by atoms with Crippen LogP contribution in [0.2, 0.25) is 0 Å². The fourth-order valence-corrected chi connectivity index (χ4v) is 4.26. The maximum absolute atomic E-state index is 15.0. The molecule has 2 heterocycles. The predicted molar refractivity (Wildman–Crippen MR) is 132 cm³/mol. The Morgan fingerprint density at radius 1 is 1.16 bits per heavy atom. The molecule has 1 saturated heterocycles. The summed E-state index contributed by atoms with van der Waals surface area (Å²) in [7, 11) is 0. The van der Waals surface area contributed by atoms with Crippen molar-refractivity contribution in [2.24, 2.45) is 5.92 Å². The summed E-state index contributed by atoms with van der Waals surface area (Å²) in [6, 6.07) is 10.4. The quantitative estimate of drug-likeness (QED) is 0.447. The summed E-state index contributed by atoms with van der Waals surface area (Å²) < 4.78 is 33.8. The van der Waals surface area contributed by atoms with Gasteiger partial charge >= 0.3 is 0 Å². The van der Waals surface area contributed by atoms with Gasteiger partial charge in [0.25, 0.3) is 5.91 Å². The second-order valence-electron chi connectivity index (χ2n) is 9.39. The molecule has 11 heteroatoms. The van der Waals surface area contributed by atoms with Crippen LogP contribution in [0.3, 0.4) is 0 Å². The number of para-hydroxylation sites is 1. The minimum atomic E-state index is -0.967. The molecule has 2 amide bonds. The van der Waals surface area contributed by atoms with E-state index in [2.05, 4.69) is 20.7 Å². The number of amides is 2. The normalized spacial score (nSPS) is 16.1. The molecule has 0 radical (unpaired) electrons. The average molecular weight is 513 g/mol. The Bertz CT molecular complexity index is 1210. The Labute approximate surface area is 213 Å². The topological polar surface area (TPSA) is 102 Å². The number of ether oxygens (including phenoxy) is 1. The van der Waals surface area contributed by atoms with Crippen LogP contribution in [0.25, 0.3) is 11.4 Å². The standard InChI is InChI=1S/C26H30F2N6O3/c1-17(2)14-23(26(36)29-15-20-6-5-13-37-20)34(22-8-4-3-7-21(22)28)24(35)16-33-31-25(30-32-33)18-9-11-19(27)12-10-18/h3-4,7-12,17,20,23H,5-6,13-16H2,1-2H3,(H,29,36)/t20-,23+/m1/s1. The minimum Gasteiger partial charge on any atom is -0.376 e. The van der Waals surface area contributed by atoms with Gasteiger partial charge in [-0.05, 0) is 66.8 Å². The van der Waals surface area contributed by atoms with Crippen molar-refractivity contribution >= 4 is 17.5 Å². The van der Waals surface area contributed by atoms with Crippen LogP contribution < -0.4 is 10.2 Å². The van der Waals surface area contributed by atoms with Crippen molar-refractivity contribution < 1.29 is 23.1 Å². The number of nitrogens with zero attached hydrogens (tertiary/aromatic N) is 5. The Morgan fingerprint density at radius 3 is 2.59 bits per heavy atom. The van der Waals surface area contributed by atoms with E-state index in [1.54, 1.807) is 6.07 Å². The van der Waals surface area contributed by atoms with Crippen molar-refractivity contribution in [2.45, 2.75) is 51.8 Å². The molecule has 1 fully saturated rings. The number of anilines is 1. The predicted octanol–water partition coefficient (Wildman–Crippen LogP) is 3.36. The van der Waals surface area contributed by atoms with Crippen molar-refractivity contribution in [3.8, 4) is 11.4 Å². The third kappa shape index (κ3) is 6.73. The molecule has 1 aliphatic rings. The Hall–Kier alpha value is -3.73. The molecule has 3 aromatic rings. The SMILES string of the molecule is CC(C)C[C@@H](C(=O)NC[C@H]1CCCO1)N(C(=O)Cn1nnc(-c2ccc(F)cc2)n1)c1ccccc1F. The highest BCUT2D eigenvalue weighted by molar-refractivity contribution is 6.00. The molecule has 196 valence electrons. The molecular formula is C26H30F2N6O3. The van der Waals surface area contributed by atoms with E-state index in [-0.39, 0.29) is 36.0 Å². The van der Waals surface area contributed by atoms with E-state index in [0.29, 0.717) is 25.1 Å². The highest BCUT2D eigenvalue weighted by Crippen LogP contribution is 2.25. The van der Waals surface area contributed by atoms with E-state index in [0.717, 1.165) is 17.6 Å². The Balaban J connectivity index is 1.59. The van der Waals surface area contributed by atoms with Crippen LogP contribution in [0.4, 0.5) is 14.5 Å². The second kappa shape index (κ2) is 12.0. The lowest BCUT2D eigenvalue weighted by molar-refractivity contribution is -0.127. The maximum Gasteiger partial charge on any atom is 0.251 e. The third-order valence-corrected chi connectivity index (χ3v) is 6.05. The molecule has 1 N–H and O–H groups in total. The lowest BCUT2D eigenvalue weighted by atomic mass is 10.00. The van der Waals surface area contributed by atoms with Crippen LogP contribution in [0.15, 0.2) is 48.5 Å². The molecule has 0 unspecified atom stereocenters. The number of carbonyl (C=O) groups is 2. The summed E-state index contributed by atoms with van der Waals surface area (Å²) >= 11 is 0. The smallest absolute Gasteiger partial charge is 0.251 e. The van der Waals surface area contributed by atoms with Gasteiger partial charge in [0.15, 0.2) is 0 Å². The molecular weight excluding hydrogens is 482 g/mol. The molecule has 0 spiro atoms. The molecule has 37 heavy (non-hydrogen) atoms. The zero-order valence-electron chi connectivity index (χ0n) is 20.8. The van der Waals surface area contributed by atoms with Crippen molar-refractivity contribution in [3.63, 3.8) is 0 Å². The summed E-state index contributed by atoms with van der Waals surface area (Å²) in [6.45, 7) is 4.45. The molecule has 1 aliphatic heterocycles. The molecule has 9 nitrogen and oxygen atoms in total. The van der Waals surface area contributed by atoms with Gasteiger partial charge in [-0.2, -0.15) is 4.80 Å². The number of rotatable bonds is 10. The molecule has 2 atom stereocenters. The van der Waals surface area contributed by atoms with E-state index in [1.807, 2.05) is 13.8 Å². The molecule has 0 saturated carbocycles. The Kier molecular flexibility index (Phi) is 8.54. The second-order valence-corrected chi connectivity index (χ2v) is 9.39. The number of hydrogen-bond acceptors (Lipinski definition) is 6. The first kappa shape index (κ1) is 26.3. The third-order valence-electron chi connectivity index (χ3n) is 6.05. The molecule has 0 aliphatic carbocycles. The number of carbonyl (C=O) groups excluding carboxylic acids is 2. The van der Waals surface area contributed by atoms with Gasteiger partial charge in [-0.25, -0.2) is 8.78 Å². The summed E-state index contributed by atoms with van der Waals surface area (Å²) in [5.41, 5.74) is 0.515. The summed E-state index contributed by atoms with van der Waals surface area (Å²) in [5, 5.41) is 15.0. The van der Waals surface area contributed by atoms with Gasteiger partial charge in [0.05, 0.1) is 11.8 Å². The number of aromatic nitrogens is 4. The van der Waals surface area contributed by atoms with Crippen LogP contribution in [0.5, 0.6) is 0 Å². The van der Waals surface area contributed by atoms with Crippen LogP contribution in [0.1, 0.15) is 33.1 Å². The van der Waals surface area contributed by atoms with Crippen molar-refractivity contribution in [1.29, 1.82) is 0 Å². The number of tetrazole rings is 1. The zero-order chi connectivity index (χ0) is 26.4. The summed E-state index contributed by atoms with van der Waals surface area (Å²) in [5.74, 6) is -1.75. The van der Waals surface area contributed by atoms with Gasteiger partial charge in [-0.3, -0.25) is 14.5 Å². The first-order valence-corrected chi connectivity index (χ1v) is 12.3. The van der Waals surface area contributed by atoms with Crippen LogP contribution in [-0.4, -0.2) is 57.3 Å². The van der Waals surface area contributed by atoms with Crippen LogP contribution in [-0.2, 0) is 20.9 Å². The van der Waals surface area contributed by atoms with Crippen LogP contribution >= 0.6 is 0 Å². The first-order chi connectivity index (χ1) is 17.8. The lowest BCUT2D eigenvalue weighted by Crippen LogP contribution is -2.52. The van der Waals surface area contributed by atoms with E-state index in [9.17, 15) is 18.4 Å². The fraction of sp³-hybridized carbons (Fsp3) is 0.423. The van der Waals surface area contributed by atoms with Crippen molar-refractivity contribution in [2.75, 3.05) is 18.1 Å². The number of halogens is 2. The lowest BCUT2D eigenvalue weighted by Gasteiger charge is -2.32. The Morgan fingerprint density at radius 2 is 1.92 bits per heavy atom. The van der Waals surface area contributed by atoms with Gasteiger partial charge < -0.3 is 10.1 Å². The summed E-state index contributed by atoms with van der Waals surface area (Å²) in [6.07, 6.45) is 2.01. The van der Waals surface area contributed by atoms with E-state index in [4.69, 9.17) is 4.74 Å². The average Bonchev–Trinajstić information content (AvgIpc) is 3.56. The molecule has 0 bridgehead atoms. The van der Waals surface area contributed by atoms with Gasteiger partial charge in [0.1, 0.15) is 24.2 Å². The molecule has 4 rings (SSSR count). The monoisotopic (exact) mass is 512 g/mol. The molecule has 2 aromatic carbocycles. The van der Waals surface area contributed by atoms with Gasteiger partial charge in [0.2, 0.25) is 11.7 Å². The largest absolute Gasteiger partial charge is 0.376 e. The fourth-order valence-electron chi connectivity index (χ4n) is 4.26. The van der Waals surface area contributed by atoms with Crippen molar-refractivity contribution in [3.05, 3.63) is 60.2 Å². The van der Waals surface area contributed by atoms with Crippen molar-refractivity contribution in [1.82, 2.24) is 25.5 Å². The minimum absolute atomic E-state index is 0.00992. The highest BCUT2D eigenvalue weighted by Gasteiger charge is 2.34. The van der Waals surface area contributed by atoms with E-state index in [1.165, 1.54) is 47.4 Å². The van der Waals surface area contributed by atoms with Gasteiger partial charge in [0, 0.05) is 18.7 Å². The van der Waals surface area contributed by atoms with Gasteiger partial charge in [-0.15, -0.1) is 10.2 Å². The van der Waals surface area contributed by atoms with Crippen LogP contribution in [0, 0.1) is 17.6 Å².